The van der Waals surface area contributed by atoms with Gasteiger partial charge in [-0.2, -0.15) is 4.31 Å². The monoisotopic (exact) mass is 378 g/mol. The fourth-order valence-corrected chi connectivity index (χ4v) is 5.13. The predicted molar refractivity (Wildman–Crippen MR) is 90.1 cm³/mol. The van der Waals surface area contributed by atoms with Crippen LogP contribution in [0.1, 0.15) is 12.8 Å². The molecule has 1 aliphatic heterocycles. The lowest BCUT2D eigenvalue weighted by molar-refractivity contribution is 0.267. The molecule has 0 spiro atoms. The highest BCUT2D eigenvalue weighted by atomic mass is 35.5. The summed E-state index contributed by atoms with van der Waals surface area (Å²) in [6.07, 6.45) is 1.43. The Morgan fingerprint density at radius 3 is 2.65 bits per heavy atom. The summed E-state index contributed by atoms with van der Waals surface area (Å²) in [5, 5.41) is 1.02. The lowest BCUT2D eigenvalue weighted by Gasteiger charge is -2.32. The summed E-state index contributed by atoms with van der Waals surface area (Å²) in [4.78, 5) is 0.0778. The zero-order valence-corrected chi connectivity index (χ0v) is 14.9. The van der Waals surface area contributed by atoms with Gasteiger partial charge in [0.2, 0.25) is 20.0 Å². The van der Waals surface area contributed by atoms with E-state index in [2.05, 4.69) is 11.3 Å². The molecule has 2 rings (SSSR count). The molecule has 128 valence electrons. The van der Waals surface area contributed by atoms with Crippen LogP contribution in [-0.2, 0) is 20.0 Å². The Balaban J connectivity index is 2.12. The van der Waals surface area contributed by atoms with Gasteiger partial charge in [0.1, 0.15) is 4.90 Å². The largest absolute Gasteiger partial charge is 0.244 e. The molecule has 1 heterocycles. The first-order valence-corrected chi connectivity index (χ1v) is 10.5. The Bertz CT molecular complexity index is 778. The number of benzene rings is 1. The second-order valence-electron chi connectivity index (χ2n) is 5.36. The Kier molecular flexibility index (Phi) is 5.85. The quantitative estimate of drug-likeness (QED) is 0.818. The van der Waals surface area contributed by atoms with Crippen LogP contribution in [0.25, 0.3) is 0 Å². The van der Waals surface area contributed by atoms with Crippen LogP contribution >= 0.6 is 11.6 Å². The van der Waals surface area contributed by atoms with Crippen molar-refractivity contribution in [1.29, 1.82) is 0 Å². The van der Waals surface area contributed by atoms with Gasteiger partial charge in [-0.1, -0.05) is 30.3 Å². The molecule has 0 aliphatic carbocycles. The summed E-state index contributed by atoms with van der Waals surface area (Å²) >= 11 is 6.00. The molecule has 1 N–H and O–H groups in total. The number of nitrogens with one attached hydrogen (secondary N) is 1. The summed E-state index contributed by atoms with van der Waals surface area (Å²) in [5.74, 6) is -0.0873. The molecule has 23 heavy (non-hydrogen) atoms. The van der Waals surface area contributed by atoms with Crippen molar-refractivity contribution in [2.24, 2.45) is 5.92 Å². The van der Waals surface area contributed by atoms with Crippen LogP contribution in [0.15, 0.2) is 41.1 Å². The SMILES string of the molecule is C=CS(=O)(=O)NC[C@H]1CCCN(S(=O)(=O)c2ccccc2Cl)C1. The van der Waals surface area contributed by atoms with Gasteiger partial charge in [0.05, 0.1) is 5.02 Å². The van der Waals surface area contributed by atoms with Gasteiger partial charge in [-0.05, 0) is 30.9 Å². The Labute approximate surface area is 142 Å². The highest BCUT2D eigenvalue weighted by molar-refractivity contribution is 7.92. The van der Waals surface area contributed by atoms with E-state index in [0.29, 0.717) is 13.0 Å². The minimum absolute atomic E-state index is 0.0778. The average molecular weight is 379 g/mol. The van der Waals surface area contributed by atoms with E-state index in [1.54, 1.807) is 12.1 Å². The predicted octanol–water partition coefficient (Wildman–Crippen LogP) is 1.80. The second-order valence-corrected chi connectivity index (χ2v) is 9.39. The molecule has 1 aromatic carbocycles. The number of nitrogens with zero attached hydrogens (tertiary/aromatic N) is 1. The van der Waals surface area contributed by atoms with Gasteiger partial charge in [-0.3, -0.25) is 0 Å². The van der Waals surface area contributed by atoms with E-state index in [1.165, 1.54) is 16.4 Å². The van der Waals surface area contributed by atoms with Crippen molar-refractivity contribution >= 4 is 31.6 Å². The molecule has 1 aliphatic rings. The summed E-state index contributed by atoms with van der Waals surface area (Å²) in [6, 6.07) is 6.30. The van der Waals surface area contributed by atoms with Gasteiger partial charge in [-0.25, -0.2) is 21.6 Å². The average Bonchev–Trinajstić information content (AvgIpc) is 2.53. The van der Waals surface area contributed by atoms with Crippen LogP contribution in [0, 0.1) is 5.92 Å². The van der Waals surface area contributed by atoms with E-state index in [9.17, 15) is 16.8 Å². The van der Waals surface area contributed by atoms with Crippen LogP contribution < -0.4 is 4.72 Å². The van der Waals surface area contributed by atoms with Crippen molar-refractivity contribution in [2.75, 3.05) is 19.6 Å². The van der Waals surface area contributed by atoms with Gasteiger partial charge in [0.15, 0.2) is 0 Å². The maximum absolute atomic E-state index is 12.7. The van der Waals surface area contributed by atoms with Gasteiger partial charge in [-0.15, -0.1) is 0 Å². The molecule has 1 aromatic rings. The smallest absolute Gasteiger partial charge is 0.211 e. The van der Waals surface area contributed by atoms with Gasteiger partial charge < -0.3 is 0 Å². The molecule has 1 fully saturated rings. The zero-order valence-electron chi connectivity index (χ0n) is 12.5. The summed E-state index contributed by atoms with van der Waals surface area (Å²) < 4.78 is 52.0. The highest BCUT2D eigenvalue weighted by Crippen LogP contribution is 2.27. The first-order chi connectivity index (χ1) is 10.8. The first kappa shape index (κ1) is 18.4. The van der Waals surface area contributed by atoms with E-state index in [4.69, 9.17) is 11.6 Å². The lowest BCUT2D eigenvalue weighted by Crippen LogP contribution is -2.43. The van der Waals surface area contributed by atoms with Crippen LogP contribution in [-0.4, -0.2) is 40.8 Å². The Morgan fingerprint density at radius 1 is 1.30 bits per heavy atom. The minimum Gasteiger partial charge on any atom is -0.211 e. The van der Waals surface area contributed by atoms with Crippen molar-refractivity contribution in [3.63, 3.8) is 0 Å². The van der Waals surface area contributed by atoms with E-state index in [-0.39, 0.29) is 28.9 Å². The van der Waals surface area contributed by atoms with Crippen molar-refractivity contribution in [3.05, 3.63) is 41.3 Å². The van der Waals surface area contributed by atoms with Crippen molar-refractivity contribution < 1.29 is 16.8 Å². The number of hydrogen-bond donors (Lipinski definition) is 1. The lowest BCUT2D eigenvalue weighted by atomic mass is 10.0. The fourth-order valence-electron chi connectivity index (χ4n) is 2.50. The zero-order chi connectivity index (χ0) is 17.1. The third-order valence-corrected chi connectivity index (χ3v) is 7.10. The van der Waals surface area contributed by atoms with E-state index < -0.39 is 20.0 Å². The van der Waals surface area contributed by atoms with E-state index in [0.717, 1.165) is 11.8 Å². The third kappa shape index (κ3) is 4.54. The maximum Gasteiger partial charge on any atom is 0.244 e. The number of hydrogen-bond acceptors (Lipinski definition) is 4. The summed E-state index contributed by atoms with van der Waals surface area (Å²) in [5.41, 5.74) is 0. The Hall–Kier alpha value is -0.930. The van der Waals surface area contributed by atoms with Gasteiger partial charge in [0.25, 0.3) is 0 Å². The van der Waals surface area contributed by atoms with Crippen LogP contribution in [0.2, 0.25) is 5.02 Å². The molecular formula is C14H19ClN2O4S2. The van der Waals surface area contributed by atoms with Gasteiger partial charge in [0, 0.05) is 25.0 Å². The normalized spacial score (nSPS) is 20.3. The molecule has 1 atom stereocenters. The highest BCUT2D eigenvalue weighted by Gasteiger charge is 2.31. The maximum atomic E-state index is 12.7. The number of piperidine rings is 1. The molecule has 0 saturated carbocycles. The van der Waals surface area contributed by atoms with Crippen LogP contribution in [0.5, 0.6) is 0 Å². The van der Waals surface area contributed by atoms with Crippen LogP contribution in [0.4, 0.5) is 0 Å². The molecule has 9 heteroatoms. The van der Waals surface area contributed by atoms with Crippen molar-refractivity contribution in [3.8, 4) is 0 Å². The third-order valence-electron chi connectivity index (χ3n) is 3.73. The fraction of sp³-hybridized carbons (Fsp3) is 0.429. The molecule has 0 bridgehead atoms. The molecular weight excluding hydrogens is 360 g/mol. The molecule has 0 amide bonds. The topological polar surface area (TPSA) is 83.6 Å². The second kappa shape index (κ2) is 7.31. The number of halogens is 1. The summed E-state index contributed by atoms with van der Waals surface area (Å²) in [6.45, 7) is 4.07. The number of rotatable bonds is 6. The molecule has 0 unspecified atom stereocenters. The molecule has 0 radical (unpaired) electrons. The van der Waals surface area contributed by atoms with E-state index in [1.807, 2.05) is 0 Å². The van der Waals surface area contributed by atoms with E-state index >= 15 is 0 Å². The minimum atomic E-state index is -3.68. The first-order valence-electron chi connectivity index (χ1n) is 7.13. The molecule has 0 aromatic heterocycles. The number of sulfonamides is 2. The molecule has 1 saturated heterocycles. The Morgan fingerprint density at radius 2 is 2.00 bits per heavy atom. The molecule has 6 nitrogen and oxygen atoms in total. The standard InChI is InChI=1S/C14H19ClN2O4S2/c1-2-22(18,19)16-10-12-6-5-9-17(11-12)23(20,21)14-8-4-3-7-13(14)15/h2-4,7-8,12,16H,1,5-6,9-11H2/t12-/m1/s1. The van der Waals surface area contributed by atoms with Crippen molar-refractivity contribution in [2.45, 2.75) is 17.7 Å². The summed E-state index contributed by atoms with van der Waals surface area (Å²) in [7, 11) is -7.19. The van der Waals surface area contributed by atoms with Gasteiger partial charge >= 0.3 is 0 Å². The van der Waals surface area contributed by atoms with Crippen LogP contribution in [0.3, 0.4) is 0 Å². The van der Waals surface area contributed by atoms with Crippen molar-refractivity contribution in [1.82, 2.24) is 9.03 Å².